The first kappa shape index (κ1) is 21.7. The Labute approximate surface area is 164 Å². The summed E-state index contributed by atoms with van der Waals surface area (Å²) in [5.41, 5.74) is 4.94. The summed E-state index contributed by atoms with van der Waals surface area (Å²) < 4.78 is 20.1. The molecule has 3 N–H and O–H groups in total. The van der Waals surface area contributed by atoms with Crippen LogP contribution in [-0.4, -0.2) is 33.3 Å². The van der Waals surface area contributed by atoms with Crippen LogP contribution in [-0.2, 0) is 15.8 Å². The van der Waals surface area contributed by atoms with Gasteiger partial charge in [-0.1, -0.05) is 31.9 Å². The van der Waals surface area contributed by atoms with Crippen LogP contribution in [0.1, 0.15) is 45.4 Å². The van der Waals surface area contributed by atoms with E-state index in [9.17, 15) is 14.5 Å². The van der Waals surface area contributed by atoms with Crippen molar-refractivity contribution in [1.29, 1.82) is 0 Å². The molecule has 2 rings (SSSR count). The maximum absolute atomic E-state index is 13.0. The molecule has 9 heteroatoms. The summed E-state index contributed by atoms with van der Waals surface area (Å²) in [5.74, 6) is 0.917. The number of nitrogens with two attached hydrogens (primary N) is 1. The third-order valence-corrected chi connectivity index (χ3v) is 6.69. The molecule has 27 heavy (non-hydrogen) atoms. The van der Waals surface area contributed by atoms with Gasteiger partial charge in [0.25, 0.3) is 0 Å². The molecule has 0 spiro atoms. The predicted molar refractivity (Wildman–Crippen MR) is 108 cm³/mol. The number of furan rings is 1. The van der Waals surface area contributed by atoms with Crippen molar-refractivity contribution in [2.75, 3.05) is 12.3 Å². The Morgan fingerprint density at radius 2 is 2.15 bits per heavy atom. The summed E-state index contributed by atoms with van der Waals surface area (Å²) >= 11 is 1.42. The fourth-order valence-electron chi connectivity index (χ4n) is 2.92. The topological polar surface area (TPSA) is 110 Å². The molecule has 2 aromatic heterocycles. The molecule has 0 amide bonds. The molecular weight excluding hydrogens is 385 g/mol. The molecular formula is C18H27N3O4PS+. The third kappa shape index (κ3) is 4.82. The van der Waals surface area contributed by atoms with Gasteiger partial charge in [-0.25, -0.2) is 4.98 Å². The number of thiazole rings is 1. The lowest BCUT2D eigenvalue weighted by molar-refractivity contribution is -0.137. The Hall–Kier alpha value is -1.60. The Morgan fingerprint density at radius 1 is 1.44 bits per heavy atom. The summed E-state index contributed by atoms with van der Waals surface area (Å²) in [7, 11) is -2.25. The van der Waals surface area contributed by atoms with Gasteiger partial charge in [-0.05, 0) is 29.9 Å². The van der Waals surface area contributed by atoms with E-state index in [4.69, 9.17) is 10.2 Å². The van der Waals surface area contributed by atoms with Crippen LogP contribution in [0.5, 0.6) is 0 Å². The minimum atomic E-state index is -2.25. The van der Waals surface area contributed by atoms with Crippen LogP contribution < -0.4 is 11.2 Å². The molecule has 0 fully saturated rings. The van der Waals surface area contributed by atoms with Crippen LogP contribution in [0, 0.1) is 5.92 Å². The first-order valence-electron chi connectivity index (χ1n) is 9.04. The average molecular weight is 412 g/mol. The molecule has 0 aliphatic rings. The maximum Gasteiger partial charge on any atom is 0.517 e. The van der Waals surface area contributed by atoms with E-state index < -0.39 is 13.7 Å². The third-order valence-electron chi connectivity index (χ3n) is 4.09. The van der Waals surface area contributed by atoms with Crippen LogP contribution in [0.25, 0.3) is 11.5 Å². The molecule has 2 heterocycles. The number of nitrogens with zero attached hydrogens (tertiary/aromatic N) is 2. The van der Waals surface area contributed by atoms with Gasteiger partial charge in [-0.3, -0.25) is 4.79 Å². The van der Waals surface area contributed by atoms with Crippen molar-refractivity contribution in [2.24, 2.45) is 5.92 Å². The van der Waals surface area contributed by atoms with Crippen molar-refractivity contribution < 1.29 is 18.9 Å². The Morgan fingerprint density at radius 3 is 2.70 bits per heavy atom. The molecule has 0 saturated heterocycles. The lowest BCUT2D eigenvalue weighted by Crippen LogP contribution is -2.47. The minimum absolute atomic E-state index is 0.195. The molecule has 0 aromatic carbocycles. The number of carbonyl (C=O) groups is 1. The number of hydrogen-bond acceptors (Lipinski definition) is 7. The zero-order valence-corrected chi connectivity index (χ0v) is 17.8. The lowest BCUT2D eigenvalue weighted by atomic mass is 10.1. The molecule has 0 bridgehead atoms. The largest absolute Gasteiger partial charge is 0.517 e. The van der Waals surface area contributed by atoms with E-state index >= 15 is 0 Å². The smallest absolute Gasteiger partial charge is 0.415 e. The summed E-state index contributed by atoms with van der Waals surface area (Å²) in [6.45, 7) is 8.05. The van der Waals surface area contributed by atoms with Crippen LogP contribution in [0.15, 0.2) is 16.5 Å². The van der Waals surface area contributed by atoms with Crippen molar-refractivity contribution in [3.8, 4) is 11.5 Å². The Bertz CT molecular complexity index is 804. The SMILES string of the molecule is CCC[C@@](O)(C=O)N(CC)[P+](=O)c1ccc(-c2nc(N)sc2CC(C)C)o1. The molecule has 0 radical (unpaired) electrons. The van der Waals surface area contributed by atoms with Crippen molar-refractivity contribution in [1.82, 2.24) is 9.65 Å². The van der Waals surface area contributed by atoms with Crippen molar-refractivity contribution in [3.05, 3.63) is 17.0 Å². The van der Waals surface area contributed by atoms with Gasteiger partial charge in [0.15, 0.2) is 17.2 Å². The molecule has 1 unspecified atom stereocenters. The van der Waals surface area contributed by atoms with E-state index in [-0.39, 0.29) is 18.5 Å². The molecule has 0 aliphatic heterocycles. The monoisotopic (exact) mass is 412 g/mol. The van der Waals surface area contributed by atoms with Gasteiger partial charge >= 0.3 is 13.5 Å². The highest BCUT2D eigenvalue weighted by Gasteiger charge is 2.48. The maximum atomic E-state index is 13.0. The summed E-state index contributed by atoms with van der Waals surface area (Å²) in [4.78, 5) is 16.8. The van der Waals surface area contributed by atoms with Gasteiger partial charge in [0.1, 0.15) is 5.69 Å². The fraction of sp³-hybridized carbons (Fsp3) is 0.556. The minimum Gasteiger partial charge on any atom is -0.415 e. The number of nitrogen functional groups attached to an aromatic ring is 1. The molecule has 7 nitrogen and oxygen atoms in total. The van der Waals surface area contributed by atoms with Gasteiger partial charge in [-0.2, -0.15) is 0 Å². The van der Waals surface area contributed by atoms with Gasteiger partial charge < -0.3 is 15.3 Å². The van der Waals surface area contributed by atoms with Gasteiger partial charge in [0.05, 0.1) is 0 Å². The number of aldehydes is 1. The highest BCUT2D eigenvalue weighted by atomic mass is 32.1. The number of anilines is 1. The predicted octanol–water partition coefficient (Wildman–Crippen LogP) is 3.56. The van der Waals surface area contributed by atoms with Crippen molar-refractivity contribution in [2.45, 2.75) is 52.7 Å². The average Bonchev–Trinajstić information content (AvgIpc) is 3.21. The van der Waals surface area contributed by atoms with E-state index in [0.29, 0.717) is 35.2 Å². The number of likely N-dealkylation sites (N-methyl/N-ethyl adjacent to an activating group) is 1. The first-order valence-corrected chi connectivity index (χ1v) is 11.1. The summed E-state index contributed by atoms with van der Waals surface area (Å²) in [6, 6.07) is 3.30. The van der Waals surface area contributed by atoms with Crippen LogP contribution in [0.3, 0.4) is 0 Å². The molecule has 0 aliphatic carbocycles. The standard InChI is InChI=1S/C18H27N3O4PS/c1-5-9-18(23,11-22)21(6-2)26(24)15-8-7-13(25-15)16-14(10-12(3)4)27-17(19)20-16/h7-8,11-12,23H,5-6,9-10H2,1-4H3,(H2,19,20)/q+1/t18-/m1/s1. The number of rotatable bonds is 10. The zero-order chi connectivity index (χ0) is 20.2. The van der Waals surface area contributed by atoms with Crippen LogP contribution in [0.4, 0.5) is 5.13 Å². The van der Waals surface area contributed by atoms with E-state index in [0.717, 1.165) is 11.3 Å². The zero-order valence-electron chi connectivity index (χ0n) is 16.1. The van der Waals surface area contributed by atoms with Gasteiger partial charge in [0.2, 0.25) is 5.72 Å². The highest BCUT2D eigenvalue weighted by Crippen LogP contribution is 2.37. The number of carbonyl (C=O) groups excluding carboxylic acids is 1. The second kappa shape index (κ2) is 9.06. The molecule has 0 saturated carbocycles. The fourth-order valence-corrected chi connectivity index (χ4v) is 5.31. The lowest BCUT2D eigenvalue weighted by Gasteiger charge is -2.24. The van der Waals surface area contributed by atoms with Crippen LogP contribution in [0.2, 0.25) is 0 Å². The summed E-state index contributed by atoms with van der Waals surface area (Å²) in [6.07, 6.45) is 2.03. The summed E-state index contributed by atoms with van der Waals surface area (Å²) in [5, 5.41) is 11.0. The second-order valence-corrected chi connectivity index (χ2v) is 9.38. The molecule has 2 atom stereocenters. The van der Waals surface area contributed by atoms with Crippen molar-refractivity contribution >= 4 is 36.2 Å². The molecule has 2 aromatic rings. The van der Waals surface area contributed by atoms with Crippen molar-refractivity contribution in [3.63, 3.8) is 0 Å². The second-order valence-electron chi connectivity index (χ2n) is 6.79. The first-order chi connectivity index (χ1) is 12.8. The number of aliphatic hydroxyl groups is 1. The molecule has 148 valence electrons. The number of aromatic nitrogens is 1. The highest BCUT2D eigenvalue weighted by molar-refractivity contribution is 7.50. The van der Waals surface area contributed by atoms with E-state index in [1.165, 1.54) is 16.0 Å². The Kier molecular flexibility index (Phi) is 7.28. The van der Waals surface area contributed by atoms with E-state index in [2.05, 4.69) is 18.8 Å². The number of hydrogen-bond donors (Lipinski definition) is 2. The van der Waals surface area contributed by atoms with Gasteiger partial charge in [-0.15, -0.1) is 11.3 Å². The van der Waals surface area contributed by atoms with Crippen LogP contribution >= 0.6 is 19.3 Å². The van der Waals surface area contributed by atoms with Gasteiger partial charge in [0, 0.05) is 23.9 Å². The quantitative estimate of drug-likeness (QED) is 0.349. The Balaban J connectivity index is 2.34. The normalized spacial score (nSPS) is 14.6. The van der Waals surface area contributed by atoms with E-state index in [1.807, 2.05) is 6.92 Å². The van der Waals surface area contributed by atoms with E-state index in [1.54, 1.807) is 19.1 Å².